The van der Waals surface area contributed by atoms with E-state index < -0.39 is 6.61 Å². The minimum absolute atomic E-state index is 0.0894. The van der Waals surface area contributed by atoms with Crippen LogP contribution in [-0.2, 0) is 4.74 Å². The van der Waals surface area contributed by atoms with E-state index in [1.807, 2.05) is 13.0 Å². The van der Waals surface area contributed by atoms with Crippen LogP contribution in [-0.4, -0.2) is 25.4 Å². The number of rotatable bonds is 5. The molecule has 0 saturated carbocycles. The molecule has 3 unspecified atom stereocenters. The SMILES string of the molecule is CC1CC(NC(C)c2cccc(OC(F)F)c2)CCO1. The zero-order valence-corrected chi connectivity index (χ0v) is 11.8. The van der Waals surface area contributed by atoms with Gasteiger partial charge in [0.15, 0.2) is 0 Å². The topological polar surface area (TPSA) is 30.5 Å². The third-order valence-corrected chi connectivity index (χ3v) is 3.55. The lowest BCUT2D eigenvalue weighted by molar-refractivity contribution is -0.0499. The van der Waals surface area contributed by atoms with Crippen molar-refractivity contribution in [3.05, 3.63) is 29.8 Å². The summed E-state index contributed by atoms with van der Waals surface area (Å²) in [5, 5.41) is 3.52. The Morgan fingerprint density at radius 1 is 1.40 bits per heavy atom. The van der Waals surface area contributed by atoms with Gasteiger partial charge in [-0.1, -0.05) is 12.1 Å². The predicted octanol–water partition coefficient (Wildman–Crippen LogP) is 3.51. The lowest BCUT2D eigenvalue weighted by Crippen LogP contribution is -2.39. The second-order valence-electron chi connectivity index (χ2n) is 5.24. The molecule has 1 aliphatic heterocycles. The second kappa shape index (κ2) is 6.99. The summed E-state index contributed by atoms with van der Waals surface area (Å²) in [6.45, 7) is 2.07. The summed E-state index contributed by atoms with van der Waals surface area (Å²) < 4.78 is 34.4. The Bertz CT molecular complexity index is 428. The van der Waals surface area contributed by atoms with E-state index in [4.69, 9.17) is 4.74 Å². The van der Waals surface area contributed by atoms with Crippen LogP contribution in [0.15, 0.2) is 24.3 Å². The summed E-state index contributed by atoms with van der Waals surface area (Å²) in [7, 11) is 0. The van der Waals surface area contributed by atoms with Crippen molar-refractivity contribution < 1.29 is 18.3 Å². The van der Waals surface area contributed by atoms with Gasteiger partial charge in [-0.2, -0.15) is 8.78 Å². The molecule has 0 bridgehead atoms. The molecule has 0 aromatic heterocycles. The fraction of sp³-hybridized carbons (Fsp3) is 0.600. The Labute approximate surface area is 118 Å². The minimum Gasteiger partial charge on any atom is -0.435 e. The molecule has 1 aromatic rings. The van der Waals surface area contributed by atoms with Crippen molar-refractivity contribution in [2.24, 2.45) is 0 Å². The number of nitrogens with one attached hydrogen (secondary N) is 1. The van der Waals surface area contributed by atoms with Crippen LogP contribution in [0.3, 0.4) is 0 Å². The molecule has 20 heavy (non-hydrogen) atoms. The highest BCUT2D eigenvalue weighted by Gasteiger charge is 2.21. The van der Waals surface area contributed by atoms with Gasteiger partial charge in [-0.15, -0.1) is 0 Å². The minimum atomic E-state index is -2.79. The van der Waals surface area contributed by atoms with Crippen molar-refractivity contribution in [3.63, 3.8) is 0 Å². The molecule has 0 radical (unpaired) electrons. The van der Waals surface area contributed by atoms with E-state index in [1.54, 1.807) is 18.2 Å². The summed E-state index contributed by atoms with van der Waals surface area (Å²) in [5.41, 5.74) is 0.947. The van der Waals surface area contributed by atoms with Gasteiger partial charge in [-0.25, -0.2) is 0 Å². The smallest absolute Gasteiger partial charge is 0.387 e. The van der Waals surface area contributed by atoms with Crippen LogP contribution in [0.2, 0.25) is 0 Å². The molecule has 112 valence electrons. The largest absolute Gasteiger partial charge is 0.435 e. The van der Waals surface area contributed by atoms with Gasteiger partial charge in [0.1, 0.15) is 5.75 Å². The third kappa shape index (κ3) is 4.42. The van der Waals surface area contributed by atoms with Crippen LogP contribution < -0.4 is 10.1 Å². The summed E-state index contributed by atoms with van der Waals surface area (Å²) in [6, 6.07) is 7.34. The molecule has 1 fully saturated rings. The Morgan fingerprint density at radius 3 is 2.90 bits per heavy atom. The maximum atomic E-state index is 12.2. The van der Waals surface area contributed by atoms with E-state index in [1.165, 1.54) is 0 Å². The molecule has 0 amide bonds. The Balaban J connectivity index is 1.96. The van der Waals surface area contributed by atoms with Gasteiger partial charge in [0, 0.05) is 18.7 Å². The fourth-order valence-electron chi connectivity index (χ4n) is 2.56. The molecule has 1 N–H and O–H groups in total. The molecule has 1 heterocycles. The van der Waals surface area contributed by atoms with Gasteiger partial charge in [0.2, 0.25) is 0 Å². The van der Waals surface area contributed by atoms with E-state index in [9.17, 15) is 8.78 Å². The normalized spacial score (nSPS) is 24.6. The Hall–Kier alpha value is -1.20. The highest BCUT2D eigenvalue weighted by molar-refractivity contribution is 5.30. The van der Waals surface area contributed by atoms with Crippen molar-refractivity contribution in [1.82, 2.24) is 5.32 Å². The molecular formula is C15H21F2NO2. The number of ether oxygens (including phenoxy) is 2. The molecule has 1 saturated heterocycles. The van der Waals surface area contributed by atoms with Gasteiger partial charge in [-0.05, 0) is 44.4 Å². The van der Waals surface area contributed by atoms with Crippen molar-refractivity contribution in [1.29, 1.82) is 0 Å². The number of hydrogen-bond donors (Lipinski definition) is 1. The highest BCUT2D eigenvalue weighted by Crippen LogP contribution is 2.23. The van der Waals surface area contributed by atoms with E-state index in [2.05, 4.69) is 17.0 Å². The molecular weight excluding hydrogens is 264 g/mol. The van der Waals surface area contributed by atoms with Gasteiger partial charge in [0.05, 0.1) is 6.10 Å². The standard InChI is InChI=1S/C15H21F2NO2/c1-10-8-13(6-7-19-10)18-11(2)12-4-3-5-14(9-12)20-15(16)17/h3-5,9-11,13,15,18H,6-8H2,1-2H3. The summed E-state index contributed by atoms with van der Waals surface area (Å²) in [4.78, 5) is 0. The molecule has 1 aliphatic rings. The quantitative estimate of drug-likeness (QED) is 0.898. The maximum absolute atomic E-state index is 12.2. The van der Waals surface area contributed by atoms with Gasteiger partial charge < -0.3 is 14.8 Å². The summed E-state index contributed by atoms with van der Waals surface area (Å²) in [5.74, 6) is 0.200. The first-order chi connectivity index (χ1) is 9.54. The van der Waals surface area contributed by atoms with Crippen molar-refractivity contribution in [2.75, 3.05) is 6.61 Å². The number of alkyl halides is 2. The average molecular weight is 285 g/mol. The fourth-order valence-corrected chi connectivity index (χ4v) is 2.56. The van der Waals surface area contributed by atoms with Crippen LogP contribution in [0.5, 0.6) is 5.75 Å². The zero-order valence-electron chi connectivity index (χ0n) is 11.8. The second-order valence-corrected chi connectivity index (χ2v) is 5.24. The molecule has 3 atom stereocenters. The van der Waals surface area contributed by atoms with Crippen molar-refractivity contribution in [2.45, 2.75) is 51.5 Å². The van der Waals surface area contributed by atoms with Crippen LogP contribution >= 0.6 is 0 Å². The molecule has 0 spiro atoms. The molecule has 1 aromatic carbocycles. The third-order valence-electron chi connectivity index (χ3n) is 3.55. The van der Waals surface area contributed by atoms with Crippen LogP contribution in [0, 0.1) is 0 Å². The molecule has 2 rings (SSSR count). The van der Waals surface area contributed by atoms with Crippen molar-refractivity contribution in [3.8, 4) is 5.75 Å². The Morgan fingerprint density at radius 2 is 2.20 bits per heavy atom. The van der Waals surface area contributed by atoms with Gasteiger partial charge in [0.25, 0.3) is 0 Å². The first-order valence-corrected chi connectivity index (χ1v) is 6.97. The monoisotopic (exact) mass is 285 g/mol. The summed E-state index contributed by atoms with van der Waals surface area (Å²) >= 11 is 0. The number of hydrogen-bond acceptors (Lipinski definition) is 3. The molecule has 0 aliphatic carbocycles. The lowest BCUT2D eigenvalue weighted by Gasteiger charge is -2.30. The van der Waals surface area contributed by atoms with Crippen LogP contribution in [0.4, 0.5) is 8.78 Å². The summed E-state index contributed by atoms with van der Waals surface area (Å²) in [6.07, 6.45) is 2.21. The first-order valence-electron chi connectivity index (χ1n) is 6.97. The lowest BCUT2D eigenvalue weighted by atomic mass is 10.0. The van der Waals surface area contributed by atoms with E-state index in [-0.39, 0.29) is 17.9 Å². The zero-order chi connectivity index (χ0) is 14.5. The van der Waals surface area contributed by atoms with Gasteiger partial charge >= 0.3 is 6.61 Å². The van der Waals surface area contributed by atoms with Crippen molar-refractivity contribution >= 4 is 0 Å². The van der Waals surface area contributed by atoms with E-state index in [0.29, 0.717) is 6.04 Å². The van der Waals surface area contributed by atoms with E-state index in [0.717, 1.165) is 25.0 Å². The number of benzene rings is 1. The number of halogens is 2. The average Bonchev–Trinajstić information content (AvgIpc) is 2.38. The molecule has 5 heteroatoms. The van der Waals surface area contributed by atoms with Gasteiger partial charge in [-0.3, -0.25) is 0 Å². The van der Waals surface area contributed by atoms with Crippen LogP contribution in [0.25, 0.3) is 0 Å². The predicted molar refractivity (Wildman–Crippen MR) is 73.1 cm³/mol. The van der Waals surface area contributed by atoms with E-state index >= 15 is 0 Å². The first kappa shape index (κ1) is 15.2. The molecule has 3 nitrogen and oxygen atoms in total. The van der Waals surface area contributed by atoms with Crippen LogP contribution in [0.1, 0.15) is 38.3 Å². The highest BCUT2D eigenvalue weighted by atomic mass is 19.3. The Kier molecular flexibility index (Phi) is 5.31. The maximum Gasteiger partial charge on any atom is 0.387 e.